The summed E-state index contributed by atoms with van der Waals surface area (Å²) in [6.07, 6.45) is 3.54. The molecule has 1 aromatic heterocycles. The Kier molecular flexibility index (Phi) is 6.75. The first kappa shape index (κ1) is 21.4. The van der Waals surface area contributed by atoms with E-state index in [1.54, 1.807) is 24.2 Å². The molecule has 1 aliphatic heterocycles. The monoisotopic (exact) mass is 426 g/mol. The van der Waals surface area contributed by atoms with Crippen LogP contribution in [0.1, 0.15) is 18.2 Å². The van der Waals surface area contributed by atoms with Crippen LogP contribution in [0.25, 0.3) is 6.08 Å². The van der Waals surface area contributed by atoms with E-state index in [1.165, 1.54) is 4.68 Å². The molecule has 1 saturated heterocycles. The number of methoxy groups -OCH3 is 1. The Morgan fingerprint density at radius 2 is 2.13 bits per heavy atom. The third-order valence-corrected chi connectivity index (χ3v) is 5.28. The number of amides is 1. The number of hydrogen-bond acceptors (Lipinski definition) is 6. The van der Waals surface area contributed by atoms with Crippen LogP contribution in [-0.4, -0.2) is 60.6 Å². The van der Waals surface area contributed by atoms with Crippen molar-refractivity contribution in [2.75, 3.05) is 38.2 Å². The Balaban J connectivity index is 1.68. The standard InChI is InChI=1S/C21H23ClN6O2/c1-4-5-16-18(13-23)25-28(21(16)24-2)14-20(29)27-10-8-26(9-11-27)15-6-7-17(22)19(12-15)30-3/h4-7,12H,2,8-11,14H2,1,3H3/b5-4-. The molecule has 0 unspecified atom stereocenters. The topological polar surface area (TPSA) is 86.7 Å². The van der Waals surface area contributed by atoms with Gasteiger partial charge in [0.15, 0.2) is 11.5 Å². The van der Waals surface area contributed by atoms with Crippen molar-refractivity contribution in [2.24, 2.45) is 4.99 Å². The summed E-state index contributed by atoms with van der Waals surface area (Å²) in [6.45, 7) is 7.95. The molecule has 0 spiro atoms. The lowest BCUT2D eigenvalue weighted by Crippen LogP contribution is -2.49. The number of aromatic nitrogens is 2. The van der Waals surface area contributed by atoms with Crippen molar-refractivity contribution in [1.82, 2.24) is 14.7 Å². The zero-order valence-electron chi connectivity index (χ0n) is 17.0. The molecule has 2 aromatic rings. The number of benzene rings is 1. The molecular weight excluding hydrogens is 404 g/mol. The summed E-state index contributed by atoms with van der Waals surface area (Å²) in [4.78, 5) is 20.8. The van der Waals surface area contributed by atoms with Crippen LogP contribution >= 0.6 is 11.6 Å². The average Bonchev–Trinajstić information content (AvgIpc) is 3.10. The highest BCUT2D eigenvalue weighted by Crippen LogP contribution is 2.30. The van der Waals surface area contributed by atoms with Crippen LogP contribution in [0.15, 0.2) is 29.3 Å². The third-order valence-electron chi connectivity index (χ3n) is 4.97. The Labute approximate surface area is 180 Å². The quantitative estimate of drug-likeness (QED) is 0.662. The van der Waals surface area contributed by atoms with E-state index in [0.29, 0.717) is 48.3 Å². The Hall–Kier alpha value is -3.31. The summed E-state index contributed by atoms with van der Waals surface area (Å²) >= 11 is 6.10. The number of allylic oxidation sites excluding steroid dienone is 1. The fourth-order valence-electron chi connectivity index (χ4n) is 3.43. The number of rotatable bonds is 6. The van der Waals surface area contributed by atoms with Crippen molar-refractivity contribution in [1.29, 1.82) is 5.26 Å². The van der Waals surface area contributed by atoms with Gasteiger partial charge in [-0.15, -0.1) is 0 Å². The fourth-order valence-corrected chi connectivity index (χ4v) is 3.63. The minimum atomic E-state index is -0.0766. The minimum absolute atomic E-state index is 0.00928. The van der Waals surface area contributed by atoms with Crippen LogP contribution in [0.2, 0.25) is 5.02 Å². The van der Waals surface area contributed by atoms with Crippen molar-refractivity contribution in [2.45, 2.75) is 13.5 Å². The largest absolute Gasteiger partial charge is 0.495 e. The number of hydrogen-bond donors (Lipinski definition) is 0. The number of ether oxygens (including phenoxy) is 1. The zero-order chi connectivity index (χ0) is 21.7. The first-order valence-electron chi connectivity index (χ1n) is 9.49. The molecule has 156 valence electrons. The van der Waals surface area contributed by atoms with E-state index in [1.807, 2.05) is 31.2 Å². The SMILES string of the molecule is C=Nc1c(/C=C\C)c(C#N)nn1CC(=O)N1CCN(c2ccc(Cl)c(OC)c2)CC1. The highest BCUT2D eigenvalue weighted by Gasteiger charge is 2.24. The van der Waals surface area contributed by atoms with Crippen molar-refractivity contribution in [3.05, 3.63) is 40.6 Å². The van der Waals surface area contributed by atoms with Gasteiger partial charge < -0.3 is 14.5 Å². The molecule has 0 bridgehead atoms. The summed E-state index contributed by atoms with van der Waals surface area (Å²) in [7, 11) is 1.59. The van der Waals surface area contributed by atoms with E-state index in [0.717, 1.165) is 5.69 Å². The number of halogens is 1. The lowest BCUT2D eigenvalue weighted by atomic mass is 10.2. The van der Waals surface area contributed by atoms with Crippen LogP contribution < -0.4 is 9.64 Å². The highest BCUT2D eigenvalue weighted by molar-refractivity contribution is 6.32. The van der Waals surface area contributed by atoms with Crippen LogP contribution in [0.4, 0.5) is 11.5 Å². The van der Waals surface area contributed by atoms with Gasteiger partial charge in [0.25, 0.3) is 0 Å². The normalized spacial score (nSPS) is 14.1. The predicted octanol–water partition coefficient (Wildman–Crippen LogP) is 3.13. The summed E-state index contributed by atoms with van der Waals surface area (Å²) in [5, 5.41) is 14.1. The number of nitriles is 1. The number of carbonyl (C=O) groups is 1. The predicted molar refractivity (Wildman–Crippen MR) is 118 cm³/mol. The molecule has 0 aliphatic carbocycles. The minimum Gasteiger partial charge on any atom is -0.495 e. The molecule has 9 heteroatoms. The summed E-state index contributed by atoms with van der Waals surface area (Å²) in [5.41, 5.74) is 1.80. The number of carbonyl (C=O) groups excluding carboxylic acids is 1. The van der Waals surface area contributed by atoms with Crippen LogP contribution in [0, 0.1) is 11.3 Å². The second-order valence-electron chi connectivity index (χ2n) is 6.70. The van der Waals surface area contributed by atoms with E-state index in [9.17, 15) is 10.1 Å². The molecule has 2 heterocycles. The first-order valence-corrected chi connectivity index (χ1v) is 9.86. The molecule has 30 heavy (non-hydrogen) atoms. The highest BCUT2D eigenvalue weighted by atomic mass is 35.5. The van der Waals surface area contributed by atoms with Gasteiger partial charge in [-0.1, -0.05) is 23.8 Å². The van der Waals surface area contributed by atoms with Gasteiger partial charge in [-0.2, -0.15) is 10.4 Å². The molecule has 0 saturated carbocycles. The Morgan fingerprint density at radius 1 is 1.40 bits per heavy atom. The Bertz CT molecular complexity index is 1020. The molecule has 3 rings (SSSR count). The van der Waals surface area contributed by atoms with Gasteiger partial charge in [0.05, 0.1) is 17.7 Å². The van der Waals surface area contributed by atoms with E-state index >= 15 is 0 Å². The smallest absolute Gasteiger partial charge is 0.244 e. The van der Waals surface area contributed by atoms with Crippen LogP contribution in [0.5, 0.6) is 5.75 Å². The number of nitrogens with zero attached hydrogens (tertiary/aromatic N) is 6. The molecule has 1 fully saturated rings. The first-order chi connectivity index (χ1) is 14.5. The van der Waals surface area contributed by atoms with E-state index in [2.05, 4.69) is 21.7 Å². The molecule has 1 amide bonds. The van der Waals surface area contributed by atoms with E-state index in [4.69, 9.17) is 16.3 Å². The summed E-state index contributed by atoms with van der Waals surface area (Å²) < 4.78 is 6.73. The third kappa shape index (κ3) is 4.31. The second-order valence-corrected chi connectivity index (χ2v) is 7.11. The van der Waals surface area contributed by atoms with E-state index in [-0.39, 0.29) is 18.1 Å². The lowest BCUT2D eigenvalue weighted by molar-refractivity contribution is -0.132. The molecule has 0 radical (unpaired) electrons. The van der Waals surface area contributed by atoms with Gasteiger partial charge in [0.1, 0.15) is 18.4 Å². The Morgan fingerprint density at radius 3 is 2.73 bits per heavy atom. The number of piperazine rings is 1. The van der Waals surface area contributed by atoms with Crippen molar-refractivity contribution >= 4 is 41.8 Å². The van der Waals surface area contributed by atoms with E-state index < -0.39 is 0 Å². The van der Waals surface area contributed by atoms with Gasteiger partial charge in [-0.3, -0.25) is 4.79 Å². The van der Waals surface area contributed by atoms with Gasteiger partial charge >= 0.3 is 0 Å². The van der Waals surface area contributed by atoms with Gasteiger partial charge in [0.2, 0.25) is 5.91 Å². The number of anilines is 1. The maximum absolute atomic E-state index is 12.8. The molecular formula is C21H23ClN6O2. The maximum Gasteiger partial charge on any atom is 0.244 e. The van der Waals surface area contributed by atoms with Crippen molar-refractivity contribution in [3.8, 4) is 11.8 Å². The fraction of sp³-hybridized carbons (Fsp3) is 0.333. The van der Waals surface area contributed by atoms with Gasteiger partial charge in [-0.25, -0.2) is 9.67 Å². The molecule has 0 atom stereocenters. The average molecular weight is 427 g/mol. The second kappa shape index (κ2) is 9.46. The zero-order valence-corrected chi connectivity index (χ0v) is 17.8. The number of aliphatic imine (C=N–C) groups is 1. The maximum atomic E-state index is 12.8. The molecule has 0 N–H and O–H groups in total. The lowest BCUT2D eigenvalue weighted by Gasteiger charge is -2.36. The van der Waals surface area contributed by atoms with Crippen molar-refractivity contribution < 1.29 is 9.53 Å². The molecule has 1 aromatic carbocycles. The van der Waals surface area contributed by atoms with Crippen LogP contribution in [-0.2, 0) is 11.3 Å². The molecule has 8 nitrogen and oxygen atoms in total. The van der Waals surface area contributed by atoms with Crippen molar-refractivity contribution in [3.63, 3.8) is 0 Å². The van der Waals surface area contributed by atoms with Gasteiger partial charge in [0, 0.05) is 37.9 Å². The summed E-state index contributed by atoms with van der Waals surface area (Å²) in [5.74, 6) is 0.971. The summed E-state index contributed by atoms with van der Waals surface area (Å²) in [6, 6.07) is 7.70. The van der Waals surface area contributed by atoms with Gasteiger partial charge in [-0.05, 0) is 25.8 Å². The van der Waals surface area contributed by atoms with Crippen LogP contribution in [0.3, 0.4) is 0 Å². The molecule has 1 aliphatic rings.